The third-order valence-electron chi connectivity index (χ3n) is 2.86. The van der Waals surface area contributed by atoms with Crippen molar-refractivity contribution in [3.63, 3.8) is 0 Å². The van der Waals surface area contributed by atoms with Gasteiger partial charge in [0.05, 0.1) is 5.52 Å². The standard InChI is InChI=1S/C14H11N3O/c1-9-6-7-13(18)11(8-9)14-10-4-2-3-5-12(10)15-17-16-14/h2-8,18H,1H3. The van der Waals surface area contributed by atoms with Gasteiger partial charge in [-0.1, -0.05) is 29.8 Å². The Kier molecular flexibility index (Phi) is 2.41. The highest BCUT2D eigenvalue weighted by molar-refractivity contribution is 5.93. The molecule has 0 radical (unpaired) electrons. The summed E-state index contributed by atoms with van der Waals surface area (Å²) in [7, 11) is 0. The lowest BCUT2D eigenvalue weighted by atomic mass is 10.0. The van der Waals surface area contributed by atoms with Crippen molar-refractivity contribution in [3.8, 4) is 17.0 Å². The summed E-state index contributed by atoms with van der Waals surface area (Å²) in [6.45, 7) is 1.97. The van der Waals surface area contributed by atoms with Gasteiger partial charge < -0.3 is 5.11 Å². The third kappa shape index (κ3) is 1.68. The number of fused-ring (bicyclic) bond motifs is 1. The van der Waals surface area contributed by atoms with Crippen molar-refractivity contribution in [1.29, 1.82) is 0 Å². The second kappa shape index (κ2) is 4.07. The molecule has 1 N–H and O–H groups in total. The van der Waals surface area contributed by atoms with E-state index in [1.165, 1.54) is 0 Å². The minimum atomic E-state index is 0.200. The molecular formula is C14H11N3O. The Balaban J connectivity index is 2.35. The van der Waals surface area contributed by atoms with Gasteiger partial charge in [-0.2, -0.15) is 0 Å². The molecule has 0 bridgehead atoms. The van der Waals surface area contributed by atoms with Crippen molar-refractivity contribution >= 4 is 10.9 Å². The molecule has 3 aromatic rings. The van der Waals surface area contributed by atoms with Gasteiger partial charge in [-0.25, -0.2) is 0 Å². The molecule has 1 aromatic heterocycles. The summed E-state index contributed by atoms with van der Waals surface area (Å²) in [6, 6.07) is 13.0. The maximum Gasteiger partial charge on any atom is 0.125 e. The average Bonchev–Trinajstić information content (AvgIpc) is 2.41. The van der Waals surface area contributed by atoms with E-state index < -0.39 is 0 Å². The van der Waals surface area contributed by atoms with Gasteiger partial charge >= 0.3 is 0 Å². The molecule has 4 heteroatoms. The Morgan fingerprint density at radius 3 is 2.72 bits per heavy atom. The second-order valence-electron chi connectivity index (χ2n) is 4.18. The number of hydrogen-bond acceptors (Lipinski definition) is 4. The van der Waals surface area contributed by atoms with Gasteiger partial charge in [0.1, 0.15) is 11.4 Å². The normalized spacial score (nSPS) is 10.7. The molecule has 3 rings (SSSR count). The van der Waals surface area contributed by atoms with Gasteiger partial charge in [0.15, 0.2) is 0 Å². The van der Waals surface area contributed by atoms with Gasteiger partial charge in [0, 0.05) is 10.9 Å². The molecule has 0 saturated carbocycles. The molecule has 0 aliphatic heterocycles. The van der Waals surface area contributed by atoms with Crippen LogP contribution in [-0.2, 0) is 0 Å². The molecule has 0 aliphatic rings. The summed E-state index contributed by atoms with van der Waals surface area (Å²) >= 11 is 0. The molecule has 0 amide bonds. The highest BCUT2D eigenvalue weighted by Crippen LogP contribution is 2.32. The van der Waals surface area contributed by atoms with Gasteiger partial charge in [-0.3, -0.25) is 0 Å². The Labute approximate surface area is 104 Å². The molecule has 1 heterocycles. The first-order valence-corrected chi connectivity index (χ1v) is 5.64. The molecular weight excluding hydrogens is 226 g/mol. The van der Waals surface area contributed by atoms with Crippen LogP contribution >= 0.6 is 0 Å². The SMILES string of the molecule is Cc1ccc(O)c(-c2nnnc3ccccc23)c1. The molecule has 2 aromatic carbocycles. The number of phenolic OH excluding ortho intramolecular Hbond substituents is 1. The minimum Gasteiger partial charge on any atom is -0.507 e. The van der Waals surface area contributed by atoms with Gasteiger partial charge in [0.2, 0.25) is 0 Å². The van der Waals surface area contributed by atoms with E-state index in [9.17, 15) is 5.11 Å². The molecule has 4 nitrogen and oxygen atoms in total. The smallest absolute Gasteiger partial charge is 0.125 e. The predicted octanol–water partition coefficient (Wildman–Crippen LogP) is 2.71. The van der Waals surface area contributed by atoms with Crippen LogP contribution in [0.15, 0.2) is 42.5 Å². The number of phenols is 1. The molecule has 88 valence electrons. The lowest BCUT2D eigenvalue weighted by Crippen LogP contribution is -1.94. The molecule has 0 fully saturated rings. The number of aromatic nitrogens is 3. The van der Waals surface area contributed by atoms with E-state index >= 15 is 0 Å². The van der Waals surface area contributed by atoms with Crippen molar-refractivity contribution in [2.24, 2.45) is 0 Å². The van der Waals surface area contributed by atoms with E-state index in [0.29, 0.717) is 11.3 Å². The highest BCUT2D eigenvalue weighted by Gasteiger charge is 2.11. The van der Waals surface area contributed by atoms with E-state index in [4.69, 9.17) is 0 Å². The summed E-state index contributed by atoms with van der Waals surface area (Å²) in [6.07, 6.45) is 0. The molecule has 0 aliphatic carbocycles. The highest BCUT2D eigenvalue weighted by atomic mass is 16.3. The van der Waals surface area contributed by atoms with Crippen LogP contribution in [-0.4, -0.2) is 20.5 Å². The summed E-state index contributed by atoms with van der Waals surface area (Å²) in [5, 5.41) is 22.6. The minimum absolute atomic E-state index is 0.200. The number of hydrogen-bond donors (Lipinski definition) is 1. The Morgan fingerprint density at radius 2 is 1.83 bits per heavy atom. The van der Waals surface area contributed by atoms with Gasteiger partial charge in [0.25, 0.3) is 0 Å². The van der Waals surface area contributed by atoms with Crippen molar-refractivity contribution in [2.45, 2.75) is 6.92 Å². The Bertz CT molecular complexity index is 720. The van der Waals surface area contributed by atoms with Gasteiger partial charge in [-0.15, -0.1) is 10.2 Å². The summed E-state index contributed by atoms with van der Waals surface area (Å²) in [5.74, 6) is 0.200. The lowest BCUT2D eigenvalue weighted by Gasteiger charge is -2.06. The van der Waals surface area contributed by atoms with E-state index in [2.05, 4.69) is 15.4 Å². The van der Waals surface area contributed by atoms with Crippen LogP contribution in [0, 0.1) is 6.92 Å². The van der Waals surface area contributed by atoms with Crippen LogP contribution in [0.3, 0.4) is 0 Å². The second-order valence-corrected chi connectivity index (χ2v) is 4.18. The fourth-order valence-corrected chi connectivity index (χ4v) is 1.97. The quantitative estimate of drug-likeness (QED) is 0.707. The summed E-state index contributed by atoms with van der Waals surface area (Å²) < 4.78 is 0. The van der Waals surface area contributed by atoms with Crippen molar-refractivity contribution in [1.82, 2.24) is 15.4 Å². The molecule has 0 saturated heterocycles. The van der Waals surface area contributed by atoms with Crippen molar-refractivity contribution in [3.05, 3.63) is 48.0 Å². The fraction of sp³-hybridized carbons (Fsp3) is 0.0714. The first-order valence-electron chi connectivity index (χ1n) is 5.64. The number of aromatic hydroxyl groups is 1. The monoisotopic (exact) mass is 237 g/mol. The van der Waals surface area contributed by atoms with Crippen LogP contribution in [0.25, 0.3) is 22.2 Å². The molecule has 0 unspecified atom stereocenters. The number of aryl methyl sites for hydroxylation is 1. The maximum absolute atomic E-state index is 9.96. The van der Waals surface area contributed by atoms with E-state index in [0.717, 1.165) is 16.5 Å². The Morgan fingerprint density at radius 1 is 1.00 bits per heavy atom. The largest absolute Gasteiger partial charge is 0.507 e. The number of nitrogens with zero attached hydrogens (tertiary/aromatic N) is 3. The zero-order chi connectivity index (χ0) is 12.5. The maximum atomic E-state index is 9.96. The first kappa shape index (κ1) is 10.7. The van der Waals surface area contributed by atoms with Crippen LogP contribution < -0.4 is 0 Å². The van der Waals surface area contributed by atoms with Crippen LogP contribution in [0.4, 0.5) is 0 Å². The number of rotatable bonds is 1. The lowest BCUT2D eigenvalue weighted by molar-refractivity contribution is 0.477. The zero-order valence-corrected chi connectivity index (χ0v) is 9.83. The topological polar surface area (TPSA) is 58.9 Å². The Hall–Kier alpha value is -2.49. The van der Waals surface area contributed by atoms with E-state index in [1.54, 1.807) is 6.07 Å². The molecule has 18 heavy (non-hydrogen) atoms. The third-order valence-corrected chi connectivity index (χ3v) is 2.86. The van der Waals surface area contributed by atoms with Crippen molar-refractivity contribution in [2.75, 3.05) is 0 Å². The van der Waals surface area contributed by atoms with Gasteiger partial charge in [-0.05, 0) is 30.3 Å². The fourth-order valence-electron chi connectivity index (χ4n) is 1.97. The van der Waals surface area contributed by atoms with Crippen LogP contribution in [0.2, 0.25) is 0 Å². The van der Waals surface area contributed by atoms with Crippen molar-refractivity contribution < 1.29 is 5.11 Å². The number of benzene rings is 2. The predicted molar refractivity (Wildman–Crippen MR) is 69.2 cm³/mol. The van der Waals surface area contributed by atoms with Crippen LogP contribution in [0.1, 0.15) is 5.56 Å². The zero-order valence-electron chi connectivity index (χ0n) is 9.83. The van der Waals surface area contributed by atoms with E-state index in [1.807, 2.05) is 43.3 Å². The molecule has 0 atom stereocenters. The van der Waals surface area contributed by atoms with Crippen LogP contribution in [0.5, 0.6) is 5.75 Å². The van der Waals surface area contributed by atoms with E-state index in [-0.39, 0.29) is 5.75 Å². The summed E-state index contributed by atoms with van der Waals surface area (Å²) in [4.78, 5) is 0. The molecule has 0 spiro atoms. The summed E-state index contributed by atoms with van der Waals surface area (Å²) in [5.41, 5.74) is 3.16. The first-order chi connectivity index (χ1) is 8.75. The average molecular weight is 237 g/mol.